The van der Waals surface area contributed by atoms with E-state index in [1.165, 1.54) is 0 Å². The van der Waals surface area contributed by atoms with E-state index in [9.17, 15) is 13.2 Å². The lowest BCUT2D eigenvalue weighted by molar-refractivity contribution is -0.136. The third-order valence-electron chi connectivity index (χ3n) is 3.68. The van der Waals surface area contributed by atoms with E-state index in [4.69, 9.17) is 0 Å². The minimum absolute atomic E-state index is 0.0577. The third kappa shape index (κ3) is 3.20. The molecule has 1 saturated heterocycles. The first-order valence-corrected chi connectivity index (χ1v) is 8.77. The van der Waals surface area contributed by atoms with Crippen LogP contribution in [0, 0.1) is 0 Å². The van der Waals surface area contributed by atoms with Crippen molar-refractivity contribution in [3.05, 3.63) is 18.5 Å². The number of carbonyl (C=O) groups is 1. The number of hydrogen-bond donors (Lipinski definition) is 0. The number of nitrogens with zero attached hydrogens (tertiary/aromatic N) is 3. The molecule has 0 spiro atoms. The van der Waals surface area contributed by atoms with Crippen molar-refractivity contribution < 1.29 is 13.2 Å². The summed E-state index contributed by atoms with van der Waals surface area (Å²) in [4.78, 5) is 14.3. The number of rotatable bonds is 5. The molecule has 112 valence electrons. The summed E-state index contributed by atoms with van der Waals surface area (Å²) in [6.07, 6.45) is 4.74. The fourth-order valence-electron chi connectivity index (χ4n) is 2.60. The fraction of sp³-hybridized carbons (Fsp3) is 0.692. The minimum Gasteiger partial charge on any atom is -0.337 e. The summed E-state index contributed by atoms with van der Waals surface area (Å²) in [7, 11) is -2.99. The smallest absolute Gasteiger partial charge is 0.247 e. The quantitative estimate of drug-likeness (QED) is 0.809. The average Bonchev–Trinajstić information content (AvgIpc) is 3.03. The second-order valence-corrected chi connectivity index (χ2v) is 7.48. The molecule has 7 heteroatoms. The van der Waals surface area contributed by atoms with Gasteiger partial charge < -0.3 is 4.90 Å². The maximum Gasteiger partial charge on any atom is 0.247 e. The summed E-state index contributed by atoms with van der Waals surface area (Å²) in [5.41, 5.74) is 0. The summed E-state index contributed by atoms with van der Waals surface area (Å²) in [6.45, 7) is 4.37. The molecule has 1 fully saturated rings. The molecule has 0 N–H and O–H groups in total. The Kier molecular flexibility index (Phi) is 4.47. The highest BCUT2D eigenvalue weighted by molar-refractivity contribution is 7.91. The summed E-state index contributed by atoms with van der Waals surface area (Å²) in [5.74, 6) is 0.212. The van der Waals surface area contributed by atoms with Gasteiger partial charge in [-0.15, -0.1) is 0 Å². The van der Waals surface area contributed by atoms with Gasteiger partial charge >= 0.3 is 0 Å². The van der Waals surface area contributed by atoms with E-state index in [0.29, 0.717) is 13.0 Å². The first kappa shape index (κ1) is 15.0. The predicted molar refractivity (Wildman–Crippen MR) is 76.0 cm³/mol. The molecule has 2 heterocycles. The molecule has 2 unspecified atom stereocenters. The molecule has 0 saturated carbocycles. The first-order valence-electron chi connectivity index (χ1n) is 6.94. The third-order valence-corrected chi connectivity index (χ3v) is 5.43. The van der Waals surface area contributed by atoms with E-state index in [2.05, 4.69) is 5.10 Å². The topological polar surface area (TPSA) is 72.3 Å². The molecule has 1 aliphatic rings. The second kappa shape index (κ2) is 5.95. The lowest BCUT2D eigenvalue weighted by Gasteiger charge is -2.30. The fourth-order valence-corrected chi connectivity index (χ4v) is 4.33. The van der Waals surface area contributed by atoms with Crippen molar-refractivity contribution in [2.75, 3.05) is 18.1 Å². The SMILES string of the molecule is CCCN(C(=O)C(C)n1cccn1)C1CCS(=O)(=O)C1. The van der Waals surface area contributed by atoms with Crippen molar-refractivity contribution >= 4 is 15.7 Å². The van der Waals surface area contributed by atoms with E-state index in [1.54, 1.807) is 35.0 Å². The van der Waals surface area contributed by atoms with Gasteiger partial charge in [-0.3, -0.25) is 9.48 Å². The number of amides is 1. The highest BCUT2D eigenvalue weighted by Crippen LogP contribution is 2.21. The van der Waals surface area contributed by atoms with Gasteiger partial charge in [-0.1, -0.05) is 6.92 Å². The molecule has 0 radical (unpaired) electrons. The summed E-state index contributed by atoms with van der Waals surface area (Å²) >= 11 is 0. The van der Waals surface area contributed by atoms with Crippen LogP contribution >= 0.6 is 0 Å². The Morgan fingerprint density at radius 1 is 1.55 bits per heavy atom. The standard InChI is InChI=1S/C13H21N3O3S/c1-3-7-15(12-5-9-20(18,19)10-12)13(17)11(2)16-8-4-6-14-16/h4,6,8,11-12H,3,5,7,9-10H2,1-2H3. The Morgan fingerprint density at radius 3 is 2.80 bits per heavy atom. The van der Waals surface area contributed by atoms with E-state index >= 15 is 0 Å². The number of hydrogen-bond acceptors (Lipinski definition) is 4. The maximum atomic E-state index is 12.6. The van der Waals surface area contributed by atoms with Crippen LogP contribution in [0.2, 0.25) is 0 Å². The monoisotopic (exact) mass is 299 g/mol. The van der Waals surface area contributed by atoms with Gasteiger partial charge in [-0.2, -0.15) is 5.10 Å². The Hall–Kier alpha value is -1.37. The van der Waals surface area contributed by atoms with Gasteiger partial charge in [0.15, 0.2) is 9.84 Å². The Bertz CT molecular complexity index is 553. The van der Waals surface area contributed by atoms with Crippen LogP contribution in [0.5, 0.6) is 0 Å². The first-order chi connectivity index (χ1) is 9.44. The molecule has 1 aromatic rings. The molecular weight excluding hydrogens is 278 g/mol. The van der Waals surface area contributed by atoms with Gasteiger partial charge in [-0.05, 0) is 25.8 Å². The van der Waals surface area contributed by atoms with E-state index in [1.807, 2.05) is 6.92 Å². The Labute approximate surface area is 119 Å². The predicted octanol–water partition coefficient (Wildman–Crippen LogP) is 0.870. The van der Waals surface area contributed by atoms with Gasteiger partial charge in [0.25, 0.3) is 0 Å². The molecule has 0 bridgehead atoms. The molecule has 1 aromatic heterocycles. The molecule has 2 rings (SSSR count). The van der Waals surface area contributed by atoms with Crippen LogP contribution in [0.25, 0.3) is 0 Å². The van der Waals surface area contributed by atoms with Crippen molar-refractivity contribution in [2.24, 2.45) is 0 Å². The number of sulfone groups is 1. The van der Waals surface area contributed by atoms with Crippen molar-refractivity contribution in [3.8, 4) is 0 Å². The molecule has 1 aliphatic heterocycles. The summed E-state index contributed by atoms with van der Waals surface area (Å²) in [6, 6.07) is 1.18. The van der Waals surface area contributed by atoms with Crippen LogP contribution in [0.3, 0.4) is 0 Å². The minimum atomic E-state index is -2.99. The van der Waals surface area contributed by atoms with Crippen LogP contribution in [0.1, 0.15) is 32.7 Å². The highest BCUT2D eigenvalue weighted by Gasteiger charge is 2.35. The Balaban J connectivity index is 2.14. The number of carbonyl (C=O) groups excluding carboxylic acids is 1. The molecule has 2 atom stereocenters. The van der Waals surface area contributed by atoms with Crippen LogP contribution in [0.4, 0.5) is 0 Å². The zero-order valence-electron chi connectivity index (χ0n) is 11.9. The average molecular weight is 299 g/mol. The molecule has 0 aliphatic carbocycles. The maximum absolute atomic E-state index is 12.6. The van der Waals surface area contributed by atoms with Crippen LogP contribution in [-0.4, -0.2) is 53.1 Å². The van der Waals surface area contributed by atoms with Gasteiger partial charge in [0.2, 0.25) is 5.91 Å². The second-order valence-electron chi connectivity index (χ2n) is 5.25. The zero-order valence-corrected chi connectivity index (χ0v) is 12.7. The molecule has 0 aromatic carbocycles. The highest BCUT2D eigenvalue weighted by atomic mass is 32.2. The molecule has 6 nitrogen and oxygen atoms in total. The van der Waals surface area contributed by atoms with Crippen LogP contribution in [-0.2, 0) is 14.6 Å². The summed E-state index contributed by atoms with van der Waals surface area (Å²) < 4.78 is 24.8. The number of aromatic nitrogens is 2. The van der Waals surface area contributed by atoms with Gasteiger partial charge in [0.05, 0.1) is 11.5 Å². The van der Waals surface area contributed by atoms with E-state index in [0.717, 1.165) is 6.42 Å². The molecule has 20 heavy (non-hydrogen) atoms. The normalized spacial score (nSPS) is 22.6. The van der Waals surface area contributed by atoms with Gasteiger partial charge in [-0.25, -0.2) is 8.42 Å². The van der Waals surface area contributed by atoms with Crippen LogP contribution < -0.4 is 0 Å². The van der Waals surface area contributed by atoms with Crippen LogP contribution in [0.15, 0.2) is 18.5 Å². The van der Waals surface area contributed by atoms with Crippen molar-refractivity contribution in [1.29, 1.82) is 0 Å². The van der Waals surface area contributed by atoms with Gasteiger partial charge in [0.1, 0.15) is 6.04 Å². The largest absolute Gasteiger partial charge is 0.337 e. The zero-order chi connectivity index (χ0) is 14.8. The van der Waals surface area contributed by atoms with Crippen molar-refractivity contribution in [3.63, 3.8) is 0 Å². The van der Waals surface area contributed by atoms with E-state index in [-0.39, 0.29) is 23.5 Å². The van der Waals surface area contributed by atoms with Crippen molar-refractivity contribution in [2.45, 2.75) is 38.8 Å². The lowest BCUT2D eigenvalue weighted by Crippen LogP contribution is -2.44. The molecular formula is C13H21N3O3S. The Morgan fingerprint density at radius 2 is 2.30 bits per heavy atom. The van der Waals surface area contributed by atoms with Crippen molar-refractivity contribution in [1.82, 2.24) is 14.7 Å². The summed E-state index contributed by atoms with van der Waals surface area (Å²) in [5, 5.41) is 4.09. The van der Waals surface area contributed by atoms with E-state index < -0.39 is 15.9 Å². The molecule has 1 amide bonds. The lowest BCUT2D eigenvalue weighted by atomic mass is 10.1. The van der Waals surface area contributed by atoms with Gasteiger partial charge in [0, 0.05) is 25.0 Å².